The average molecular weight is 327 g/mol. The molecule has 0 aromatic carbocycles. The minimum atomic E-state index is -1.02. The van der Waals surface area contributed by atoms with E-state index in [1.165, 1.54) is 84.0 Å². The first-order valence-electron chi connectivity index (χ1n) is 9.71. The maximum atomic E-state index is 10.7. The van der Waals surface area contributed by atoms with Crippen LogP contribution in [0.5, 0.6) is 0 Å². The van der Waals surface area contributed by atoms with Gasteiger partial charge in [0.1, 0.15) is 5.76 Å². The predicted octanol–water partition coefficient (Wildman–Crippen LogP) is 6.77. The number of hydrogen-bond acceptors (Lipinski definition) is 2. The van der Waals surface area contributed by atoms with Gasteiger partial charge in [-0.2, -0.15) is 0 Å². The number of aliphatic hydroxyl groups excluding tert-OH is 1. The van der Waals surface area contributed by atoms with Crippen molar-refractivity contribution in [3.8, 4) is 0 Å². The van der Waals surface area contributed by atoms with E-state index in [1.54, 1.807) is 0 Å². The van der Waals surface area contributed by atoms with Crippen LogP contribution in [0.2, 0.25) is 0 Å². The molecule has 0 rings (SSSR count). The highest BCUT2D eigenvalue weighted by Crippen LogP contribution is 2.15. The van der Waals surface area contributed by atoms with Crippen molar-refractivity contribution in [2.75, 3.05) is 0 Å². The fourth-order valence-electron chi connectivity index (χ4n) is 2.80. The second kappa shape index (κ2) is 15.9. The van der Waals surface area contributed by atoms with Crippen LogP contribution in [0.1, 0.15) is 110 Å². The van der Waals surface area contributed by atoms with Crippen LogP contribution in [0.4, 0.5) is 0 Å². The summed E-state index contributed by atoms with van der Waals surface area (Å²) in [6.07, 6.45) is 18.7. The summed E-state index contributed by atoms with van der Waals surface area (Å²) in [5, 5.41) is 18.3. The van der Waals surface area contributed by atoms with Gasteiger partial charge in [-0.15, -0.1) is 0 Å². The van der Waals surface area contributed by atoms with Gasteiger partial charge in [0.25, 0.3) is 0 Å². The molecule has 0 heterocycles. The van der Waals surface area contributed by atoms with Gasteiger partial charge < -0.3 is 10.2 Å². The highest BCUT2D eigenvalue weighted by molar-refractivity contribution is 5.86. The average Bonchev–Trinajstić information content (AvgIpc) is 2.54. The van der Waals surface area contributed by atoms with Crippen molar-refractivity contribution in [3.05, 3.63) is 11.3 Å². The van der Waals surface area contributed by atoms with Crippen molar-refractivity contribution in [2.45, 2.75) is 110 Å². The SMILES string of the molecule is CCCCCCCCCCCCCCCC/C(O)=C(\C)C(=O)O. The molecular formula is C20H38O3. The number of aliphatic hydroxyl groups is 1. The summed E-state index contributed by atoms with van der Waals surface area (Å²) in [5.41, 5.74) is 0.0831. The van der Waals surface area contributed by atoms with E-state index in [0.717, 1.165) is 12.8 Å². The Morgan fingerprint density at radius 3 is 1.35 bits per heavy atom. The van der Waals surface area contributed by atoms with Crippen LogP contribution in [0.3, 0.4) is 0 Å². The zero-order chi connectivity index (χ0) is 17.3. The molecule has 0 bridgehead atoms. The molecule has 0 aromatic heterocycles. The third kappa shape index (κ3) is 14.3. The first kappa shape index (κ1) is 22.0. The van der Waals surface area contributed by atoms with Crippen molar-refractivity contribution >= 4 is 5.97 Å². The molecule has 136 valence electrons. The Bertz CT molecular complexity index is 321. The van der Waals surface area contributed by atoms with E-state index >= 15 is 0 Å². The van der Waals surface area contributed by atoms with E-state index in [1.807, 2.05) is 0 Å². The second-order valence-corrected chi connectivity index (χ2v) is 6.72. The number of carbonyl (C=O) groups is 1. The van der Waals surface area contributed by atoms with Crippen molar-refractivity contribution in [2.24, 2.45) is 0 Å². The summed E-state index contributed by atoms with van der Waals surface area (Å²) >= 11 is 0. The maximum absolute atomic E-state index is 10.7. The summed E-state index contributed by atoms with van der Waals surface area (Å²) in [5.74, 6) is -0.982. The minimum Gasteiger partial charge on any atom is -0.512 e. The van der Waals surface area contributed by atoms with E-state index in [-0.39, 0.29) is 11.3 Å². The van der Waals surface area contributed by atoms with Crippen LogP contribution in [0, 0.1) is 0 Å². The molecule has 2 N–H and O–H groups in total. The molecule has 23 heavy (non-hydrogen) atoms. The van der Waals surface area contributed by atoms with Gasteiger partial charge in [-0.05, 0) is 13.3 Å². The van der Waals surface area contributed by atoms with Crippen LogP contribution in [-0.2, 0) is 4.79 Å². The van der Waals surface area contributed by atoms with Crippen LogP contribution in [-0.4, -0.2) is 16.2 Å². The summed E-state index contributed by atoms with van der Waals surface area (Å²) in [6, 6.07) is 0. The number of aliphatic carboxylic acids is 1. The van der Waals surface area contributed by atoms with E-state index in [4.69, 9.17) is 5.11 Å². The number of carboxylic acids is 1. The fourth-order valence-corrected chi connectivity index (χ4v) is 2.80. The van der Waals surface area contributed by atoms with Gasteiger partial charge >= 0.3 is 5.97 Å². The van der Waals surface area contributed by atoms with Gasteiger partial charge in [0.05, 0.1) is 5.57 Å². The Labute approximate surface area is 143 Å². The van der Waals surface area contributed by atoms with Gasteiger partial charge in [-0.25, -0.2) is 4.79 Å². The van der Waals surface area contributed by atoms with E-state index < -0.39 is 5.97 Å². The molecule has 0 aliphatic heterocycles. The molecule has 0 saturated heterocycles. The molecule has 0 fully saturated rings. The molecule has 0 aliphatic rings. The van der Waals surface area contributed by atoms with Gasteiger partial charge in [-0.1, -0.05) is 90.4 Å². The van der Waals surface area contributed by atoms with Crippen molar-refractivity contribution in [1.82, 2.24) is 0 Å². The van der Waals surface area contributed by atoms with E-state index in [0.29, 0.717) is 6.42 Å². The summed E-state index contributed by atoms with van der Waals surface area (Å²) in [6.45, 7) is 3.72. The lowest BCUT2D eigenvalue weighted by Crippen LogP contribution is -2.01. The smallest absolute Gasteiger partial charge is 0.334 e. The molecule has 0 saturated carbocycles. The first-order chi connectivity index (χ1) is 11.1. The molecule has 3 heteroatoms. The minimum absolute atomic E-state index is 0.0384. The molecule has 0 radical (unpaired) electrons. The summed E-state index contributed by atoms with van der Waals surface area (Å²) in [7, 11) is 0. The number of rotatable bonds is 16. The predicted molar refractivity (Wildman–Crippen MR) is 97.9 cm³/mol. The Balaban J connectivity index is 3.25. The number of allylic oxidation sites excluding steroid dienone is 1. The molecule has 3 nitrogen and oxygen atoms in total. The number of unbranched alkanes of at least 4 members (excludes halogenated alkanes) is 13. The zero-order valence-corrected chi connectivity index (χ0v) is 15.4. The highest BCUT2D eigenvalue weighted by atomic mass is 16.4. The Hall–Kier alpha value is -0.990. The standard InChI is InChI=1S/C20H38O3/c1-3-4-5-6-7-8-9-10-11-12-13-14-15-16-17-19(21)18(2)20(22)23/h21H,3-17H2,1-2H3,(H,22,23)/b19-18-. The Kier molecular flexibility index (Phi) is 15.2. The lowest BCUT2D eigenvalue weighted by atomic mass is 10.0. The van der Waals surface area contributed by atoms with E-state index in [9.17, 15) is 9.90 Å². The Morgan fingerprint density at radius 1 is 0.652 bits per heavy atom. The monoisotopic (exact) mass is 326 g/mol. The molecule has 0 aromatic rings. The Morgan fingerprint density at radius 2 is 1.00 bits per heavy atom. The lowest BCUT2D eigenvalue weighted by Gasteiger charge is -2.04. The molecule has 0 atom stereocenters. The van der Waals surface area contributed by atoms with Crippen molar-refractivity contribution in [1.29, 1.82) is 0 Å². The van der Waals surface area contributed by atoms with Crippen molar-refractivity contribution < 1.29 is 15.0 Å². The van der Waals surface area contributed by atoms with Crippen LogP contribution < -0.4 is 0 Å². The normalized spacial score (nSPS) is 12.3. The second-order valence-electron chi connectivity index (χ2n) is 6.72. The summed E-state index contributed by atoms with van der Waals surface area (Å²) < 4.78 is 0. The third-order valence-electron chi connectivity index (χ3n) is 4.52. The number of hydrogen-bond donors (Lipinski definition) is 2. The van der Waals surface area contributed by atoms with Gasteiger partial charge in [0.2, 0.25) is 0 Å². The molecule has 0 amide bonds. The molecule has 0 aliphatic carbocycles. The van der Waals surface area contributed by atoms with Crippen molar-refractivity contribution in [3.63, 3.8) is 0 Å². The lowest BCUT2D eigenvalue weighted by molar-refractivity contribution is -0.132. The first-order valence-corrected chi connectivity index (χ1v) is 9.71. The van der Waals surface area contributed by atoms with Gasteiger partial charge in [-0.3, -0.25) is 0 Å². The highest BCUT2D eigenvalue weighted by Gasteiger charge is 2.07. The third-order valence-corrected chi connectivity index (χ3v) is 4.52. The van der Waals surface area contributed by atoms with Crippen LogP contribution >= 0.6 is 0 Å². The molecule has 0 unspecified atom stereocenters. The molecular weight excluding hydrogens is 288 g/mol. The zero-order valence-electron chi connectivity index (χ0n) is 15.4. The van der Waals surface area contributed by atoms with E-state index in [2.05, 4.69) is 6.92 Å². The molecule has 0 spiro atoms. The van der Waals surface area contributed by atoms with Gasteiger partial charge in [0, 0.05) is 6.42 Å². The van der Waals surface area contributed by atoms with Crippen LogP contribution in [0.25, 0.3) is 0 Å². The van der Waals surface area contributed by atoms with Crippen LogP contribution in [0.15, 0.2) is 11.3 Å². The van der Waals surface area contributed by atoms with Gasteiger partial charge in [0.15, 0.2) is 0 Å². The summed E-state index contributed by atoms with van der Waals surface area (Å²) in [4.78, 5) is 10.7. The fraction of sp³-hybridized carbons (Fsp3) is 0.850. The number of carboxylic acid groups (broad SMARTS) is 1. The quantitative estimate of drug-likeness (QED) is 0.187. The topological polar surface area (TPSA) is 57.5 Å². The largest absolute Gasteiger partial charge is 0.512 e. The maximum Gasteiger partial charge on any atom is 0.334 e.